The van der Waals surface area contributed by atoms with Gasteiger partial charge in [-0.1, -0.05) is 31.2 Å². The van der Waals surface area contributed by atoms with Crippen LogP contribution in [0.3, 0.4) is 0 Å². The number of halogens is 2. The number of carbonyl (C=O) groups is 1. The molecule has 0 saturated carbocycles. The molecule has 1 aliphatic rings. The predicted octanol–water partition coefficient (Wildman–Crippen LogP) is 5.39. The summed E-state index contributed by atoms with van der Waals surface area (Å²) in [5.74, 6) is -1.18. The van der Waals surface area contributed by atoms with E-state index in [0.29, 0.717) is 24.1 Å². The number of aliphatic hydroxyl groups is 1. The van der Waals surface area contributed by atoms with Crippen molar-refractivity contribution in [3.05, 3.63) is 76.4 Å². The molecule has 0 amide bonds. The Hall–Kier alpha value is -2.61. The maximum atomic E-state index is 14.6. The molecule has 2 aromatic carbocycles. The van der Waals surface area contributed by atoms with Gasteiger partial charge in [-0.15, -0.1) is 0 Å². The third-order valence-electron chi connectivity index (χ3n) is 6.62. The molecular formula is C29H37F2NO4. The van der Waals surface area contributed by atoms with Gasteiger partial charge in [0.05, 0.1) is 25.4 Å². The standard InChI is InChI=1S/C29H37F2NO4/c1-4-28(25-9-6-10-26(30)24(25)13-14-29(34)35-5-2)36-19-23(33)18-32-15-7-8-22(32)16-21-12-11-20(3)27(31)17-21/h6,9-14,17,22-23,28,33H,4-5,7-8,15-16,18-19H2,1-3H3/b14-13+/t22-,23?,28+/m0/s1. The van der Waals surface area contributed by atoms with Crippen molar-refractivity contribution in [2.75, 3.05) is 26.3 Å². The van der Waals surface area contributed by atoms with E-state index in [4.69, 9.17) is 9.47 Å². The van der Waals surface area contributed by atoms with Crippen LogP contribution in [0.2, 0.25) is 0 Å². The predicted molar refractivity (Wildman–Crippen MR) is 136 cm³/mol. The van der Waals surface area contributed by atoms with Gasteiger partial charge in [0.1, 0.15) is 11.6 Å². The molecule has 0 bridgehead atoms. The molecule has 5 nitrogen and oxygen atoms in total. The molecule has 1 saturated heterocycles. The molecule has 196 valence electrons. The van der Waals surface area contributed by atoms with E-state index in [2.05, 4.69) is 4.90 Å². The monoisotopic (exact) mass is 501 g/mol. The van der Waals surface area contributed by atoms with E-state index in [1.54, 1.807) is 38.1 Å². The Morgan fingerprint density at radius 1 is 1.22 bits per heavy atom. The van der Waals surface area contributed by atoms with Crippen LogP contribution in [0.15, 0.2) is 42.5 Å². The van der Waals surface area contributed by atoms with E-state index in [9.17, 15) is 18.7 Å². The fraction of sp³-hybridized carbons (Fsp3) is 0.483. The molecule has 1 heterocycles. The van der Waals surface area contributed by atoms with Gasteiger partial charge in [0.25, 0.3) is 0 Å². The Bertz CT molecular complexity index is 1040. The van der Waals surface area contributed by atoms with E-state index in [1.165, 1.54) is 18.2 Å². The van der Waals surface area contributed by atoms with Crippen molar-refractivity contribution < 1.29 is 28.2 Å². The Morgan fingerprint density at radius 3 is 2.75 bits per heavy atom. The maximum absolute atomic E-state index is 14.6. The summed E-state index contributed by atoms with van der Waals surface area (Å²) in [6, 6.07) is 10.3. The zero-order chi connectivity index (χ0) is 26.1. The average molecular weight is 502 g/mol. The molecule has 1 aliphatic heterocycles. The molecule has 3 atom stereocenters. The lowest BCUT2D eigenvalue weighted by Gasteiger charge is -2.28. The van der Waals surface area contributed by atoms with Crippen molar-refractivity contribution in [3.63, 3.8) is 0 Å². The molecule has 3 rings (SSSR count). The minimum absolute atomic E-state index is 0.0957. The molecule has 1 N–H and O–H groups in total. The molecular weight excluding hydrogens is 464 g/mol. The van der Waals surface area contributed by atoms with Gasteiger partial charge in [-0.25, -0.2) is 13.6 Å². The Labute approximate surface area is 212 Å². The van der Waals surface area contributed by atoms with Gasteiger partial charge in [0.15, 0.2) is 0 Å². The first kappa shape index (κ1) is 28.0. The number of likely N-dealkylation sites (tertiary alicyclic amines) is 1. The lowest BCUT2D eigenvalue weighted by atomic mass is 9.99. The molecule has 36 heavy (non-hydrogen) atoms. The average Bonchev–Trinajstić information content (AvgIpc) is 3.27. The number of β-amino-alcohol motifs (C(OH)–C–C–N with tert-alkyl or cyclic N) is 1. The second kappa shape index (κ2) is 13.6. The molecule has 1 fully saturated rings. The van der Waals surface area contributed by atoms with Crippen molar-refractivity contribution in [1.82, 2.24) is 4.90 Å². The highest BCUT2D eigenvalue weighted by atomic mass is 19.1. The van der Waals surface area contributed by atoms with Gasteiger partial charge < -0.3 is 14.6 Å². The first-order valence-corrected chi connectivity index (χ1v) is 12.7. The lowest BCUT2D eigenvalue weighted by Crippen LogP contribution is -2.39. The number of rotatable bonds is 12. The zero-order valence-electron chi connectivity index (χ0n) is 21.4. The van der Waals surface area contributed by atoms with E-state index >= 15 is 0 Å². The van der Waals surface area contributed by atoms with Crippen LogP contribution in [-0.4, -0.2) is 54.4 Å². The summed E-state index contributed by atoms with van der Waals surface area (Å²) in [6.07, 6.45) is 4.80. The Morgan fingerprint density at radius 2 is 2.03 bits per heavy atom. The number of aryl methyl sites for hydroxylation is 1. The highest BCUT2D eigenvalue weighted by Crippen LogP contribution is 2.28. The third-order valence-corrected chi connectivity index (χ3v) is 6.62. The topological polar surface area (TPSA) is 59.0 Å². The second-order valence-electron chi connectivity index (χ2n) is 9.29. The normalized spacial score (nSPS) is 18.0. The summed E-state index contributed by atoms with van der Waals surface area (Å²) < 4.78 is 39.5. The number of nitrogens with zero attached hydrogens (tertiary/aromatic N) is 1. The SMILES string of the molecule is CCOC(=O)/C=C/c1c(F)cccc1[C@@H](CC)OCC(O)CN1CCC[C@H]1Cc1ccc(C)c(F)c1. The largest absolute Gasteiger partial charge is 0.463 e. The summed E-state index contributed by atoms with van der Waals surface area (Å²) in [4.78, 5) is 14.0. The number of benzene rings is 2. The van der Waals surface area contributed by atoms with Crippen LogP contribution >= 0.6 is 0 Å². The van der Waals surface area contributed by atoms with E-state index in [0.717, 1.165) is 31.4 Å². The van der Waals surface area contributed by atoms with Crippen LogP contribution < -0.4 is 0 Å². The van der Waals surface area contributed by atoms with Crippen LogP contribution in [-0.2, 0) is 20.7 Å². The molecule has 0 aliphatic carbocycles. The highest BCUT2D eigenvalue weighted by Gasteiger charge is 2.27. The summed E-state index contributed by atoms with van der Waals surface area (Å²) in [5.41, 5.74) is 2.49. The molecule has 0 aromatic heterocycles. The molecule has 0 spiro atoms. The number of carbonyl (C=O) groups excluding carboxylic acids is 1. The molecule has 7 heteroatoms. The fourth-order valence-electron chi connectivity index (χ4n) is 4.73. The van der Waals surface area contributed by atoms with Gasteiger partial charge in [-0.2, -0.15) is 0 Å². The summed E-state index contributed by atoms with van der Waals surface area (Å²) in [5, 5.41) is 10.7. The van der Waals surface area contributed by atoms with Gasteiger partial charge in [-0.3, -0.25) is 4.90 Å². The minimum Gasteiger partial charge on any atom is -0.463 e. The van der Waals surface area contributed by atoms with Crippen molar-refractivity contribution in [1.29, 1.82) is 0 Å². The maximum Gasteiger partial charge on any atom is 0.330 e. The van der Waals surface area contributed by atoms with Gasteiger partial charge >= 0.3 is 5.97 Å². The quantitative estimate of drug-likeness (QED) is 0.312. The van der Waals surface area contributed by atoms with Crippen molar-refractivity contribution in [2.24, 2.45) is 0 Å². The first-order valence-electron chi connectivity index (χ1n) is 12.7. The lowest BCUT2D eigenvalue weighted by molar-refractivity contribution is -0.137. The number of esters is 1. The van der Waals surface area contributed by atoms with E-state index < -0.39 is 24.0 Å². The van der Waals surface area contributed by atoms with Gasteiger partial charge in [-0.05, 0) is 81.0 Å². The first-order chi connectivity index (χ1) is 17.3. The highest BCUT2D eigenvalue weighted by molar-refractivity contribution is 5.87. The van der Waals surface area contributed by atoms with Gasteiger partial charge in [0, 0.05) is 24.2 Å². The van der Waals surface area contributed by atoms with Crippen LogP contribution in [0.25, 0.3) is 6.08 Å². The molecule has 2 aromatic rings. The second-order valence-corrected chi connectivity index (χ2v) is 9.29. The van der Waals surface area contributed by atoms with E-state index in [1.807, 2.05) is 13.0 Å². The van der Waals surface area contributed by atoms with Crippen LogP contribution in [0.4, 0.5) is 8.78 Å². The third kappa shape index (κ3) is 7.69. The summed E-state index contributed by atoms with van der Waals surface area (Å²) in [7, 11) is 0. The summed E-state index contributed by atoms with van der Waals surface area (Å²) >= 11 is 0. The fourth-order valence-corrected chi connectivity index (χ4v) is 4.73. The summed E-state index contributed by atoms with van der Waals surface area (Å²) in [6.45, 7) is 7.06. The van der Waals surface area contributed by atoms with Crippen molar-refractivity contribution >= 4 is 12.0 Å². The van der Waals surface area contributed by atoms with Crippen LogP contribution in [0, 0.1) is 18.6 Å². The number of hydrogen-bond acceptors (Lipinski definition) is 5. The molecule has 1 unspecified atom stereocenters. The van der Waals surface area contributed by atoms with Crippen LogP contribution in [0.5, 0.6) is 0 Å². The Kier molecular flexibility index (Phi) is 10.6. The Balaban J connectivity index is 1.60. The van der Waals surface area contributed by atoms with Crippen molar-refractivity contribution in [2.45, 2.75) is 64.7 Å². The number of hydrogen-bond donors (Lipinski definition) is 1. The zero-order valence-corrected chi connectivity index (χ0v) is 21.4. The minimum atomic E-state index is -0.721. The smallest absolute Gasteiger partial charge is 0.330 e. The number of aliphatic hydroxyl groups excluding tert-OH is 1. The van der Waals surface area contributed by atoms with Crippen LogP contribution in [0.1, 0.15) is 61.5 Å². The van der Waals surface area contributed by atoms with Crippen molar-refractivity contribution in [3.8, 4) is 0 Å². The number of ether oxygens (including phenoxy) is 2. The van der Waals surface area contributed by atoms with E-state index in [-0.39, 0.29) is 30.6 Å². The molecule has 0 radical (unpaired) electrons. The van der Waals surface area contributed by atoms with Gasteiger partial charge in [0.2, 0.25) is 0 Å².